The van der Waals surface area contributed by atoms with Crippen molar-refractivity contribution < 1.29 is 4.74 Å². The van der Waals surface area contributed by atoms with E-state index in [2.05, 4.69) is 16.5 Å². The van der Waals surface area contributed by atoms with Gasteiger partial charge in [-0.2, -0.15) is 0 Å². The summed E-state index contributed by atoms with van der Waals surface area (Å²) in [4.78, 5) is 7.78. The molecule has 0 N–H and O–H groups in total. The highest BCUT2D eigenvalue weighted by Gasteiger charge is 2.04. The summed E-state index contributed by atoms with van der Waals surface area (Å²) >= 11 is 5.78. The molecule has 70 valence electrons. The van der Waals surface area contributed by atoms with Crippen LogP contribution in [0, 0.1) is 6.92 Å². The zero-order chi connectivity index (χ0) is 9.68. The van der Waals surface area contributed by atoms with E-state index in [4.69, 9.17) is 16.3 Å². The van der Waals surface area contributed by atoms with Gasteiger partial charge in [0.05, 0.1) is 6.61 Å². The van der Waals surface area contributed by atoms with Gasteiger partial charge in [-0.15, -0.1) is 6.58 Å². The van der Waals surface area contributed by atoms with Gasteiger partial charge in [-0.3, -0.25) is 0 Å². The molecule has 4 heteroatoms. The Morgan fingerprint density at radius 2 is 2.38 bits per heavy atom. The summed E-state index contributed by atoms with van der Waals surface area (Å²) in [7, 11) is 0. The van der Waals surface area contributed by atoms with Crippen LogP contribution in [-0.2, 0) is 0 Å². The average molecular weight is 199 g/mol. The van der Waals surface area contributed by atoms with Crippen LogP contribution in [0.15, 0.2) is 19.0 Å². The predicted octanol–water partition coefficient (Wildman–Crippen LogP) is 2.39. The smallest absolute Gasteiger partial charge is 0.220 e. The van der Waals surface area contributed by atoms with Crippen molar-refractivity contribution in [3.8, 4) is 5.88 Å². The maximum atomic E-state index is 5.78. The highest BCUT2D eigenvalue weighted by atomic mass is 35.5. The van der Waals surface area contributed by atoms with Gasteiger partial charge >= 0.3 is 0 Å². The minimum Gasteiger partial charge on any atom is -0.477 e. The molecular weight excluding hydrogens is 188 g/mol. The van der Waals surface area contributed by atoms with Crippen LogP contribution in [0.4, 0.5) is 0 Å². The summed E-state index contributed by atoms with van der Waals surface area (Å²) in [5.41, 5.74) is 0.772. The van der Waals surface area contributed by atoms with Gasteiger partial charge in [0.1, 0.15) is 11.5 Å². The monoisotopic (exact) mass is 198 g/mol. The van der Waals surface area contributed by atoms with Crippen molar-refractivity contribution in [1.82, 2.24) is 9.97 Å². The topological polar surface area (TPSA) is 35.0 Å². The molecular formula is C9H11ClN2O. The standard InChI is InChI=1S/C9H11ClN2O/c1-3-4-5-13-9-7(2)8(10)11-6-12-9/h3,6H,1,4-5H2,2H3. The van der Waals surface area contributed by atoms with Crippen molar-refractivity contribution in [3.05, 3.63) is 29.7 Å². The highest BCUT2D eigenvalue weighted by molar-refractivity contribution is 6.30. The number of ether oxygens (including phenoxy) is 1. The molecule has 0 saturated carbocycles. The molecule has 0 amide bonds. The van der Waals surface area contributed by atoms with E-state index in [1.54, 1.807) is 6.08 Å². The lowest BCUT2D eigenvalue weighted by Crippen LogP contribution is -2.00. The zero-order valence-corrected chi connectivity index (χ0v) is 8.21. The quantitative estimate of drug-likeness (QED) is 0.423. The van der Waals surface area contributed by atoms with Crippen LogP contribution < -0.4 is 4.74 Å². The maximum Gasteiger partial charge on any atom is 0.220 e. The summed E-state index contributed by atoms with van der Waals surface area (Å²) in [6, 6.07) is 0. The van der Waals surface area contributed by atoms with E-state index in [9.17, 15) is 0 Å². The van der Waals surface area contributed by atoms with Crippen LogP contribution in [0.1, 0.15) is 12.0 Å². The second-order valence-electron chi connectivity index (χ2n) is 2.52. The second-order valence-corrected chi connectivity index (χ2v) is 2.88. The molecule has 3 nitrogen and oxygen atoms in total. The predicted molar refractivity (Wildman–Crippen MR) is 52.1 cm³/mol. The Balaban J connectivity index is 2.65. The lowest BCUT2D eigenvalue weighted by Gasteiger charge is -2.06. The van der Waals surface area contributed by atoms with Crippen LogP contribution >= 0.6 is 11.6 Å². The SMILES string of the molecule is C=CCCOc1ncnc(Cl)c1C. The first-order valence-electron chi connectivity index (χ1n) is 3.96. The Morgan fingerprint density at radius 1 is 1.62 bits per heavy atom. The van der Waals surface area contributed by atoms with Gasteiger partial charge < -0.3 is 4.74 Å². The maximum absolute atomic E-state index is 5.78. The van der Waals surface area contributed by atoms with Gasteiger partial charge in [-0.05, 0) is 13.3 Å². The van der Waals surface area contributed by atoms with Crippen LogP contribution in [0.2, 0.25) is 5.15 Å². The molecule has 1 rings (SSSR count). The number of hydrogen-bond acceptors (Lipinski definition) is 3. The molecule has 1 heterocycles. The third-order valence-electron chi connectivity index (χ3n) is 1.54. The largest absolute Gasteiger partial charge is 0.477 e. The number of hydrogen-bond donors (Lipinski definition) is 0. The zero-order valence-electron chi connectivity index (χ0n) is 7.46. The lowest BCUT2D eigenvalue weighted by atomic mass is 10.4. The van der Waals surface area contributed by atoms with E-state index in [0.29, 0.717) is 17.6 Å². The molecule has 0 aliphatic carbocycles. The molecule has 1 aromatic heterocycles. The first-order chi connectivity index (χ1) is 6.25. The van der Waals surface area contributed by atoms with Gasteiger partial charge in [0.15, 0.2) is 0 Å². The molecule has 0 aliphatic rings. The van der Waals surface area contributed by atoms with Crippen molar-refractivity contribution >= 4 is 11.6 Å². The normalized spacial score (nSPS) is 9.69. The fraction of sp³-hybridized carbons (Fsp3) is 0.333. The van der Waals surface area contributed by atoms with Crippen molar-refractivity contribution in [3.63, 3.8) is 0 Å². The van der Waals surface area contributed by atoms with Gasteiger partial charge in [0, 0.05) is 5.56 Å². The second kappa shape index (κ2) is 4.82. The van der Waals surface area contributed by atoms with E-state index in [1.807, 2.05) is 6.92 Å². The third-order valence-corrected chi connectivity index (χ3v) is 1.92. The van der Waals surface area contributed by atoms with Gasteiger partial charge in [-0.1, -0.05) is 17.7 Å². The van der Waals surface area contributed by atoms with E-state index in [-0.39, 0.29) is 0 Å². The molecule has 0 atom stereocenters. The number of nitrogens with zero attached hydrogens (tertiary/aromatic N) is 2. The van der Waals surface area contributed by atoms with E-state index >= 15 is 0 Å². The molecule has 0 spiro atoms. The summed E-state index contributed by atoms with van der Waals surface area (Å²) in [6.07, 6.45) is 3.97. The molecule has 0 unspecified atom stereocenters. The molecule has 1 aromatic rings. The van der Waals surface area contributed by atoms with Gasteiger partial charge in [-0.25, -0.2) is 9.97 Å². The van der Waals surface area contributed by atoms with E-state index < -0.39 is 0 Å². The first-order valence-corrected chi connectivity index (χ1v) is 4.34. The summed E-state index contributed by atoms with van der Waals surface area (Å²) in [5.74, 6) is 0.543. The Labute approximate surface area is 82.4 Å². The summed E-state index contributed by atoms with van der Waals surface area (Å²) in [6.45, 7) is 5.99. The fourth-order valence-electron chi connectivity index (χ4n) is 0.798. The molecule has 0 fully saturated rings. The van der Waals surface area contributed by atoms with Crippen LogP contribution in [0.3, 0.4) is 0 Å². The summed E-state index contributed by atoms with van der Waals surface area (Å²) < 4.78 is 5.35. The fourth-order valence-corrected chi connectivity index (χ4v) is 0.923. The molecule has 0 aliphatic heterocycles. The van der Waals surface area contributed by atoms with Crippen molar-refractivity contribution in [2.24, 2.45) is 0 Å². The Bertz CT molecular complexity index is 302. The minimum absolute atomic E-state index is 0.434. The number of aromatic nitrogens is 2. The van der Waals surface area contributed by atoms with Crippen molar-refractivity contribution in [2.75, 3.05) is 6.61 Å². The molecule has 0 saturated heterocycles. The van der Waals surface area contributed by atoms with Crippen LogP contribution in [0.5, 0.6) is 5.88 Å². The van der Waals surface area contributed by atoms with Gasteiger partial charge in [0.25, 0.3) is 0 Å². The highest BCUT2D eigenvalue weighted by Crippen LogP contribution is 2.19. The van der Waals surface area contributed by atoms with Crippen molar-refractivity contribution in [1.29, 1.82) is 0 Å². The summed E-state index contributed by atoms with van der Waals surface area (Å²) in [5, 5.41) is 0.434. The van der Waals surface area contributed by atoms with Crippen LogP contribution in [0.25, 0.3) is 0 Å². The van der Waals surface area contributed by atoms with Gasteiger partial charge in [0.2, 0.25) is 5.88 Å². The van der Waals surface area contributed by atoms with Crippen LogP contribution in [-0.4, -0.2) is 16.6 Å². The Morgan fingerprint density at radius 3 is 3.08 bits per heavy atom. The molecule has 0 aromatic carbocycles. The Hall–Kier alpha value is -1.09. The van der Waals surface area contributed by atoms with Crippen molar-refractivity contribution in [2.45, 2.75) is 13.3 Å². The minimum atomic E-state index is 0.434. The number of rotatable bonds is 4. The molecule has 0 radical (unpaired) electrons. The van der Waals surface area contributed by atoms with E-state index in [1.165, 1.54) is 6.33 Å². The third kappa shape index (κ3) is 2.70. The molecule has 0 bridgehead atoms. The average Bonchev–Trinajstić information content (AvgIpc) is 2.13. The van der Waals surface area contributed by atoms with E-state index in [0.717, 1.165) is 12.0 Å². The lowest BCUT2D eigenvalue weighted by molar-refractivity contribution is 0.309. The first kappa shape index (κ1) is 9.99. The number of halogens is 1. The molecule has 13 heavy (non-hydrogen) atoms. The Kier molecular flexibility index (Phi) is 3.71.